The van der Waals surface area contributed by atoms with E-state index in [9.17, 15) is 4.79 Å². The Bertz CT molecular complexity index is 818. The second kappa shape index (κ2) is 5.96. The number of fused-ring (bicyclic) bond motifs is 2. The van der Waals surface area contributed by atoms with Crippen LogP contribution >= 0.6 is 0 Å². The number of hydrogen-bond donors (Lipinski definition) is 1. The molecule has 1 amide bonds. The third-order valence-corrected chi connectivity index (χ3v) is 4.34. The van der Waals surface area contributed by atoms with Gasteiger partial charge in [-0.25, -0.2) is 14.8 Å². The predicted molar refractivity (Wildman–Crippen MR) is 91.4 cm³/mol. The van der Waals surface area contributed by atoms with Gasteiger partial charge < -0.3 is 9.64 Å². The minimum Gasteiger partial charge on any atom is -0.438 e. The fourth-order valence-corrected chi connectivity index (χ4v) is 3.09. The minimum atomic E-state index is -0.495. The number of para-hydroxylation sites is 1. The molecule has 1 atom stereocenters. The van der Waals surface area contributed by atoms with Crippen LogP contribution in [0.3, 0.4) is 0 Å². The molecule has 0 aliphatic carbocycles. The van der Waals surface area contributed by atoms with E-state index in [0.717, 1.165) is 36.6 Å². The number of nitrogens with zero attached hydrogens (tertiary/aromatic N) is 3. The van der Waals surface area contributed by atoms with E-state index in [-0.39, 0.29) is 6.10 Å². The van der Waals surface area contributed by atoms with Crippen LogP contribution < -0.4 is 5.32 Å². The highest BCUT2D eigenvalue weighted by molar-refractivity contribution is 5.95. The lowest BCUT2D eigenvalue weighted by atomic mass is 10.1. The molecule has 24 heavy (non-hydrogen) atoms. The SMILES string of the molecule is Cc1cccnc1NC(=O)OC1CCN2Cc3ccccc3N=C12. The second-order valence-corrected chi connectivity index (χ2v) is 6.00. The van der Waals surface area contributed by atoms with E-state index >= 15 is 0 Å². The lowest BCUT2D eigenvalue weighted by Gasteiger charge is -2.26. The topological polar surface area (TPSA) is 66.8 Å². The molecule has 4 rings (SSSR count). The lowest BCUT2D eigenvalue weighted by Crippen LogP contribution is -2.34. The molecule has 1 unspecified atom stereocenters. The number of rotatable bonds is 2. The van der Waals surface area contributed by atoms with E-state index in [0.29, 0.717) is 5.82 Å². The summed E-state index contributed by atoms with van der Waals surface area (Å²) in [4.78, 5) is 23.2. The highest BCUT2D eigenvalue weighted by Gasteiger charge is 2.35. The van der Waals surface area contributed by atoms with Gasteiger partial charge in [0.05, 0.1) is 5.69 Å². The molecule has 1 aromatic carbocycles. The van der Waals surface area contributed by atoms with Crippen LogP contribution in [0.15, 0.2) is 47.6 Å². The number of nitrogens with one attached hydrogen (secondary N) is 1. The Morgan fingerprint density at radius 3 is 3.04 bits per heavy atom. The van der Waals surface area contributed by atoms with E-state index in [1.807, 2.05) is 37.3 Å². The van der Waals surface area contributed by atoms with E-state index in [2.05, 4.69) is 26.3 Å². The molecule has 1 fully saturated rings. The number of ether oxygens (including phenoxy) is 1. The Morgan fingerprint density at radius 2 is 2.17 bits per heavy atom. The van der Waals surface area contributed by atoms with Crippen molar-refractivity contribution in [2.75, 3.05) is 11.9 Å². The molecule has 1 saturated heterocycles. The summed E-state index contributed by atoms with van der Waals surface area (Å²) in [6.07, 6.45) is 1.58. The Labute approximate surface area is 140 Å². The Morgan fingerprint density at radius 1 is 1.29 bits per heavy atom. The van der Waals surface area contributed by atoms with E-state index in [1.54, 1.807) is 6.20 Å². The van der Waals surface area contributed by atoms with Crippen molar-refractivity contribution in [2.45, 2.75) is 26.0 Å². The van der Waals surface area contributed by atoms with Crippen molar-refractivity contribution < 1.29 is 9.53 Å². The monoisotopic (exact) mass is 322 g/mol. The van der Waals surface area contributed by atoms with Gasteiger partial charge in [-0.2, -0.15) is 0 Å². The third-order valence-electron chi connectivity index (χ3n) is 4.34. The van der Waals surface area contributed by atoms with Crippen molar-refractivity contribution in [3.05, 3.63) is 53.7 Å². The van der Waals surface area contributed by atoms with Gasteiger partial charge in [-0.1, -0.05) is 24.3 Å². The zero-order valence-electron chi connectivity index (χ0n) is 13.4. The molecule has 0 spiro atoms. The Kier molecular flexibility index (Phi) is 3.65. The fourth-order valence-electron chi connectivity index (χ4n) is 3.09. The molecule has 6 nitrogen and oxygen atoms in total. The maximum absolute atomic E-state index is 12.2. The van der Waals surface area contributed by atoms with Gasteiger partial charge >= 0.3 is 6.09 Å². The van der Waals surface area contributed by atoms with Gasteiger partial charge in [0.2, 0.25) is 0 Å². The fraction of sp³-hybridized carbons (Fsp3) is 0.278. The van der Waals surface area contributed by atoms with E-state index in [1.165, 1.54) is 5.56 Å². The van der Waals surface area contributed by atoms with Gasteiger partial charge in [-0.05, 0) is 30.2 Å². The van der Waals surface area contributed by atoms with Crippen LogP contribution in [0.4, 0.5) is 16.3 Å². The van der Waals surface area contributed by atoms with Gasteiger partial charge in [-0.3, -0.25) is 5.32 Å². The molecule has 2 aromatic rings. The summed E-state index contributed by atoms with van der Waals surface area (Å²) in [5, 5.41) is 2.71. The zero-order valence-corrected chi connectivity index (χ0v) is 13.4. The number of anilines is 1. The summed E-state index contributed by atoms with van der Waals surface area (Å²) in [5.41, 5.74) is 3.06. The summed E-state index contributed by atoms with van der Waals surface area (Å²) < 4.78 is 5.59. The zero-order chi connectivity index (χ0) is 16.5. The summed E-state index contributed by atoms with van der Waals surface area (Å²) in [5.74, 6) is 1.36. The van der Waals surface area contributed by atoms with E-state index in [4.69, 9.17) is 4.74 Å². The highest BCUT2D eigenvalue weighted by Crippen LogP contribution is 2.31. The van der Waals surface area contributed by atoms with Gasteiger partial charge in [0, 0.05) is 25.7 Å². The van der Waals surface area contributed by atoms with Crippen molar-refractivity contribution in [1.82, 2.24) is 9.88 Å². The van der Waals surface area contributed by atoms with Gasteiger partial charge in [0.15, 0.2) is 6.10 Å². The lowest BCUT2D eigenvalue weighted by molar-refractivity contribution is 0.143. The molecule has 3 heterocycles. The molecule has 0 bridgehead atoms. The number of amidine groups is 1. The highest BCUT2D eigenvalue weighted by atomic mass is 16.6. The van der Waals surface area contributed by atoms with Crippen molar-refractivity contribution >= 4 is 23.4 Å². The summed E-state index contributed by atoms with van der Waals surface area (Å²) in [6, 6.07) is 11.8. The number of pyridine rings is 1. The standard InChI is InChI=1S/C18H18N4O2/c1-12-5-4-9-19-16(12)21-18(23)24-15-8-10-22-11-13-6-2-3-7-14(13)20-17(15)22/h2-7,9,15H,8,10-11H2,1H3,(H,19,21,23). The Balaban J connectivity index is 1.49. The predicted octanol–water partition coefficient (Wildman–Crippen LogP) is 3.26. The van der Waals surface area contributed by atoms with Crippen molar-refractivity contribution in [3.8, 4) is 0 Å². The molecule has 6 heteroatoms. The molecule has 1 N–H and O–H groups in total. The molecular formula is C18H18N4O2. The number of benzene rings is 1. The summed E-state index contributed by atoms with van der Waals surface area (Å²) in [7, 11) is 0. The third kappa shape index (κ3) is 2.71. The number of amides is 1. The van der Waals surface area contributed by atoms with Gasteiger partial charge in [-0.15, -0.1) is 0 Å². The van der Waals surface area contributed by atoms with E-state index < -0.39 is 6.09 Å². The minimum absolute atomic E-state index is 0.317. The normalized spacial score (nSPS) is 18.5. The van der Waals surface area contributed by atoms with Crippen LogP contribution in [0.1, 0.15) is 17.5 Å². The summed E-state index contributed by atoms with van der Waals surface area (Å²) in [6.45, 7) is 3.55. The second-order valence-electron chi connectivity index (χ2n) is 6.00. The number of aryl methyl sites for hydroxylation is 1. The largest absolute Gasteiger partial charge is 0.438 e. The smallest absolute Gasteiger partial charge is 0.413 e. The molecule has 0 radical (unpaired) electrons. The van der Waals surface area contributed by atoms with Crippen LogP contribution in [0.5, 0.6) is 0 Å². The molecule has 0 saturated carbocycles. The Hall–Kier alpha value is -2.89. The van der Waals surface area contributed by atoms with Crippen LogP contribution in [-0.2, 0) is 11.3 Å². The first-order chi connectivity index (χ1) is 11.7. The average molecular weight is 322 g/mol. The molecule has 1 aromatic heterocycles. The maximum Gasteiger partial charge on any atom is 0.413 e. The number of carbonyl (C=O) groups excluding carboxylic acids is 1. The number of hydrogen-bond acceptors (Lipinski definition) is 5. The number of carbonyl (C=O) groups is 1. The first-order valence-electron chi connectivity index (χ1n) is 8.01. The summed E-state index contributed by atoms with van der Waals surface area (Å²) >= 11 is 0. The molecule has 122 valence electrons. The van der Waals surface area contributed by atoms with Crippen molar-refractivity contribution in [2.24, 2.45) is 4.99 Å². The first-order valence-corrected chi connectivity index (χ1v) is 8.01. The van der Waals surface area contributed by atoms with Crippen LogP contribution in [0.2, 0.25) is 0 Å². The molecular weight excluding hydrogens is 304 g/mol. The molecule has 2 aliphatic rings. The van der Waals surface area contributed by atoms with Crippen LogP contribution in [-0.4, -0.2) is 34.5 Å². The average Bonchev–Trinajstić information content (AvgIpc) is 2.97. The number of aliphatic imine (C=N–C) groups is 1. The van der Waals surface area contributed by atoms with Crippen LogP contribution in [0, 0.1) is 6.92 Å². The first kappa shape index (κ1) is 14.7. The van der Waals surface area contributed by atoms with Crippen molar-refractivity contribution in [3.63, 3.8) is 0 Å². The maximum atomic E-state index is 12.2. The number of aromatic nitrogens is 1. The van der Waals surface area contributed by atoms with Gasteiger partial charge in [0.1, 0.15) is 11.7 Å². The van der Waals surface area contributed by atoms with Gasteiger partial charge in [0.25, 0.3) is 0 Å². The van der Waals surface area contributed by atoms with Crippen LogP contribution in [0.25, 0.3) is 0 Å². The van der Waals surface area contributed by atoms with Crippen molar-refractivity contribution in [1.29, 1.82) is 0 Å². The molecule has 2 aliphatic heterocycles. The quantitative estimate of drug-likeness (QED) is 0.921.